The predicted molar refractivity (Wildman–Crippen MR) is 99.4 cm³/mol. The summed E-state index contributed by atoms with van der Waals surface area (Å²) in [4.78, 5) is 11.7. The van der Waals surface area contributed by atoms with Gasteiger partial charge in [-0.15, -0.1) is 0 Å². The van der Waals surface area contributed by atoms with Crippen LogP contribution in [-0.4, -0.2) is 67.6 Å². The van der Waals surface area contributed by atoms with Crippen LogP contribution >= 0.6 is 0 Å². The molecule has 4 rings (SSSR count). The smallest absolute Gasteiger partial charge is 0.191 e. The van der Waals surface area contributed by atoms with Crippen LogP contribution in [-0.2, 0) is 0 Å². The van der Waals surface area contributed by atoms with Crippen molar-refractivity contribution in [2.24, 2.45) is 16.6 Å². The molecule has 0 amide bonds. The molecule has 0 aromatic heterocycles. The first-order chi connectivity index (χ1) is 12.2. The Morgan fingerprint density at radius 3 is 2.44 bits per heavy atom. The van der Waals surface area contributed by atoms with E-state index in [-0.39, 0.29) is 5.82 Å². The van der Waals surface area contributed by atoms with Crippen molar-refractivity contribution in [2.45, 2.75) is 25.3 Å². The number of anilines is 1. The monoisotopic (exact) mass is 345 g/mol. The van der Waals surface area contributed by atoms with Crippen LogP contribution in [0.4, 0.5) is 10.1 Å². The first-order valence-corrected chi connectivity index (χ1v) is 9.48. The zero-order valence-electron chi connectivity index (χ0n) is 14.8. The van der Waals surface area contributed by atoms with Gasteiger partial charge in [-0.05, 0) is 56.0 Å². The van der Waals surface area contributed by atoms with Gasteiger partial charge in [0.1, 0.15) is 5.82 Å². The molecule has 2 aliphatic heterocycles. The molecule has 6 heteroatoms. The number of aliphatic imine (C=N–C) groups is 1. The summed E-state index contributed by atoms with van der Waals surface area (Å²) in [5.41, 5.74) is 7.30. The molecule has 1 aliphatic carbocycles. The lowest BCUT2D eigenvalue weighted by atomic mass is 10.1. The van der Waals surface area contributed by atoms with E-state index in [2.05, 4.69) is 19.7 Å². The van der Waals surface area contributed by atoms with Crippen molar-refractivity contribution in [3.05, 3.63) is 30.1 Å². The molecule has 3 aliphatic rings. The zero-order chi connectivity index (χ0) is 17.2. The number of hydrogen-bond donors (Lipinski definition) is 1. The fraction of sp³-hybridized carbons (Fsp3) is 0.632. The third kappa shape index (κ3) is 4.06. The summed E-state index contributed by atoms with van der Waals surface area (Å²) in [5.74, 6) is 1.16. The molecule has 1 unspecified atom stereocenters. The molecular formula is C19H28FN5. The van der Waals surface area contributed by atoms with Gasteiger partial charge in [0.2, 0.25) is 0 Å². The summed E-state index contributed by atoms with van der Waals surface area (Å²) in [7, 11) is 0. The van der Waals surface area contributed by atoms with E-state index < -0.39 is 0 Å². The molecule has 136 valence electrons. The van der Waals surface area contributed by atoms with E-state index in [1.54, 1.807) is 0 Å². The maximum absolute atomic E-state index is 13.0. The molecule has 3 fully saturated rings. The van der Waals surface area contributed by atoms with Gasteiger partial charge in [0, 0.05) is 51.0 Å². The van der Waals surface area contributed by atoms with Gasteiger partial charge in [-0.2, -0.15) is 0 Å². The predicted octanol–water partition coefficient (Wildman–Crippen LogP) is 1.75. The average molecular weight is 345 g/mol. The second kappa shape index (κ2) is 7.20. The van der Waals surface area contributed by atoms with Crippen LogP contribution in [0.15, 0.2) is 29.3 Å². The van der Waals surface area contributed by atoms with Gasteiger partial charge in [-0.1, -0.05) is 0 Å². The van der Waals surface area contributed by atoms with Crippen molar-refractivity contribution >= 4 is 11.6 Å². The van der Waals surface area contributed by atoms with E-state index in [4.69, 9.17) is 5.73 Å². The van der Waals surface area contributed by atoms with Crippen molar-refractivity contribution < 1.29 is 4.39 Å². The van der Waals surface area contributed by atoms with Gasteiger partial charge in [0.25, 0.3) is 0 Å². The normalized spacial score (nSPS) is 25.6. The van der Waals surface area contributed by atoms with Gasteiger partial charge in [-0.25, -0.2) is 4.39 Å². The summed E-state index contributed by atoms with van der Waals surface area (Å²) >= 11 is 0. The molecule has 1 aromatic carbocycles. The fourth-order valence-corrected chi connectivity index (χ4v) is 3.95. The van der Waals surface area contributed by atoms with Crippen molar-refractivity contribution in [2.75, 3.05) is 50.7 Å². The van der Waals surface area contributed by atoms with Crippen molar-refractivity contribution in [1.82, 2.24) is 9.80 Å². The lowest BCUT2D eigenvalue weighted by Crippen LogP contribution is -2.51. The Hall–Kier alpha value is -1.82. The van der Waals surface area contributed by atoms with Gasteiger partial charge >= 0.3 is 0 Å². The average Bonchev–Trinajstić information content (AvgIpc) is 3.39. The molecule has 1 atom stereocenters. The molecule has 1 aromatic rings. The molecule has 2 saturated heterocycles. The minimum Gasteiger partial charge on any atom is -0.370 e. The number of hydrogen-bond acceptors (Lipinski definition) is 3. The number of nitrogens with zero attached hydrogens (tertiary/aromatic N) is 4. The Labute approximate surface area is 149 Å². The van der Waals surface area contributed by atoms with E-state index >= 15 is 0 Å². The number of halogens is 1. The second-order valence-electron chi connectivity index (χ2n) is 7.53. The lowest BCUT2D eigenvalue weighted by Gasteiger charge is -2.36. The SMILES string of the molecule is NC(=NCC1CCN(C2CC2)C1)N1CCN(c2ccc(F)cc2)CC1. The van der Waals surface area contributed by atoms with Crippen LogP contribution in [0.3, 0.4) is 0 Å². The lowest BCUT2D eigenvalue weighted by molar-refractivity contribution is 0.315. The Kier molecular flexibility index (Phi) is 4.79. The molecule has 5 nitrogen and oxygen atoms in total. The van der Waals surface area contributed by atoms with Crippen LogP contribution in [0.25, 0.3) is 0 Å². The van der Waals surface area contributed by atoms with Gasteiger partial charge in [0.05, 0.1) is 0 Å². The van der Waals surface area contributed by atoms with Crippen molar-refractivity contribution in [3.8, 4) is 0 Å². The minimum atomic E-state index is -0.189. The largest absolute Gasteiger partial charge is 0.370 e. The quantitative estimate of drug-likeness (QED) is 0.667. The molecule has 25 heavy (non-hydrogen) atoms. The summed E-state index contributed by atoms with van der Waals surface area (Å²) in [5, 5.41) is 0. The highest BCUT2D eigenvalue weighted by atomic mass is 19.1. The Morgan fingerprint density at radius 2 is 1.76 bits per heavy atom. The fourth-order valence-electron chi connectivity index (χ4n) is 3.95. The topological polar surface area (TPSA) is 48.1 Å². The van der Waals surface area contributed by atoms with Gasteiger partial charge < -0.3 is 20.4 Å². The number of rotatable bonds is 4. The van der Waals surface area contributed by atoms with E-state index in [9.17, 15) is 4.39 Å². The summed E-state index contributed by atoms with van der Waals surface area (Å²) in [6, 6.07) is 7.59. The molecule has 0 spiro atoms. The summed E-state index contributed by atoms with van der Waals surface area (Å²) in [6.07, 6.45) is 4.03. The first kappa shape index (κ1) is 16.6. The second-order valence-corrected chi connectivity index (χ2v) is 7.53. The maximum atomic E-state index is 13.0. The zero-order valence-corrected chi connectivity index (χ0v) is 14.8. The van der Waals surface area contributed by atoms with E-state index in [1.165, 1.54) is 44.5 Å². The standard InChI is InChI=1S/C19H28FN5/c20-16-1-3-17(4-2-16)23-9-11-24(12-10-23)19(21)22-13-15-7-8-25(14-15)18-5-6-18/h1-4,15,18H,5-14H2,(H2,21,22). The first-order valence-electron chi connectivity index (χ1n) is 9.48. The Morgan fingerprint density at radius 1 is 1.04 bits per heavy atom. The highest BCUT2D eigenvalue weighted by Crippen LogP contribution is 2.31. The maximum Gasteiger partial charge on any atom is 0.191 e. The molecular weight excluding hydrogens is 317 g/mol. The third-order valence-electron chi connectivity index (χ3n) is 5.69. The third-order valence-corrected chi connectivity index (χ3v) is 5.69. The van der Waals surface area contributed by atoms with Crippen LogP contribution in [0.2, 0.25) is 0 Å². The summed E-state index contributed by atoms with van der Waals surface area (Å²) in [6.45, 7) is 6.80. The Balaban J connectivity index is 1.24. The number of likely N-dealkylation sites (tertiary alicyclic amines) is 1. The number of nitrogens with two attached hydrogens (primary N) is 1. The van der Waals surface area contributed by atoms with Crippen molar-refractivity contribution in [1.29, 1.82) is 0 Å². The molecule has 0 bridgehead atoms. The molecule has 1 saturated carbocycles. The number of benzene rings is 1. The van der Waals surface area contributed by atoms with E-state index in [1.807, 2.05) is 12.1 Å². The van der Waals surface area contributed by atoms with Crippen LogP contribution in [0.5, 0.6) is 0 Å². The van der Waals surface area contributed by atoms with Crippen LogP contribution < -0.4 is 10.6 Å². The Bertz CT molecular complexity index is 605. The van der Waals surface area contributed by atoms with Crippen LogP contribution in [0.1, 0.15) is 19.3 Å². The van der Waals surface area contributed by atoms with E-state index in [0.717, 1.165) is 44.5 Å². The van der Waals surface area contributed by atoms with Gasteiger partial charge in [-0.3, -0.25) is 4.99 Å². The molecule has 2 N–H and O–H groups in total. The van der Waals surface area contributed by atoms with Gasteiger partial charge in [0.15, 0.2) is 5.96 Å². The summed E-state index contributed by atoms with van der Waals surface area (Å²) < 4.78 is 13.0. The number of guanidine groups is 1. The van der Waals surface area contributed by atoms with Crippen LogP contribution in [0, 0.1) is 11.7 Å². The highest BCUT2D eigenvalue weighted by Gasteiger charge is 2.34. The highest BCUT2D eigenvalue weighted by molar-refractivity contribution is 5.78. The number of piperazine rings is 1. The minimum absolute atomic E-state index is 0.189. The van der Waals surface area contributed by atoms with E-state index in [0.29, 0.717) is 11.9 Å². The molecule has 0 radical (unpaired) electrons. The van der Waals surface area contributed by atoms with Crippen molar-refractivity contribution in [3.63, 3.8) is 0 Å². The molecule has 2 heterocycles.